The zero-order valence-corrected chi connectivity index (χ0v) is 13.6. The van der Waals surface area contributed by atoms with E-state index >= 15 is 0 Å². The molecule has 0 aliphatic carbocycles. The fourth-order valence-corrected chi connectivity index (χ4v) is 2.48. The van der Waals surface area contributed by atoms with Gasteiger partial charge in [-0.25, -0.2) is 9.18 Å². The minimum Gasteiger partial charge on any atom is -0.460 e. The lowest BCUT2D eigenvalue weighted by atomic mass is 9.99. The second-order valence-corrected chi connectivity index (χ2v) is 6.65. The minimum absolute atomic E-state index is 0.287. The van der Waals surface area contributed by atoms with E-state index in [0.29, 0.717) is 24.8 Å². The van der Waals surface area contributed by atoms with E-state index < -0.39 is 23.8 Å². The van der Waals surface area contributed by atoms with Crippen LogP contribution in [0.1, 0.15) is 39.2 Å². The lowest BCUT2D eigenvalue weighted by Crippen LogP contribution is -2.46. The van der Waals surface area contributed by atoms with E-state index in [1.807, 2.05) is 0 Å². The van der Waals surface area contributed by atoms with Gasteiger partial charge in [0.05, 0.1) is 6.04 Å². The molecule has 6 heteroatoms. The summed E-state index contributed by atoms with van der Waals surface area (Å²) in [5.74, 6) is -0.632. The van der Waals surface area contributed by atoms with Crippen LogP contribution in [-0.4, -0.2) is 29.8 Å². The summed E-state index contributed by atoms with van der Waals surface area (Å²) in [7, 11) is 0. The van der Waals surface area contributed by atoms with Crippen LogP contribution in [0.25, 0.3) is 0 Å². The highest BCUT2D eigenvalue weighted by atomic mass is 19.1. The zero-order valence-electron chi connectivity index (χ0n) is 13.6. The molecule has 1 saturated heterocycles. The van der Waals surface area contributed by atoms with Crippen LogP contribution in [0.3, 0.4) is 0 Å². The number of cyclic esters (lactones) is 1. The molecule has 0 bridgehead atoms. The summed E-state index contributed by atoms with van der Waals surface area (Å²) in [4.78, 5) is 23.4. The Morgan fingerprint density at radius 3 is 2.78 bits per heavy atom. The summed E-state index contributed by atoms with van der Waals surface area (Å²) in [5.41, 5.74) is 0.0915. The molecule has 1 heterocycles. The number of ether oxygens (including phenoxy) is 2. The Labute approximate surface area is 135 Å². The molecule has 0 unspecified atom stereocenters. The fourth-order valence-electron chi connectivity index (χ4n) is 2.48. The lowest BCUT2D eigenvalue weighted by Gasteiger charge is -2.26. The van der Waals surface area contributed by atoms with Crippen LogP contribution in [0.15, 0.2) is 24.3 Å². The van der Waals surface area contributed by atoms with E-state index in [4.69, 9.17) is 9.47 Å². The van der Waals surface area contributed by atoms with Crippen LogP contribution in [0, 0.1) is 5.82 Å². The van der Waals surface area contributed by atoms with Gasteiger partial charge in [-0.2, -0.15) is 0 Å². The van der Waals surface area contributed by atoms with Crippen LogP contribution >= 0.6 is 0 Å². The average Bonchev–Trinajstić information content (AvgIpc) is 2.82. The van der Waals surface area contributed by atoms with E-state index in [2.05, 4.69) is 5.32 Å². The van der Waals surface area contributed by atoms with Crippen molar-refractivity contribution in [2.75, 3.05) is 0 Å². The second-order valence-electron chi connectivity index (χ2n) is 6.65. The minimum atomic E-state index is -0.625. The Bertz CT molecular complexity index is 582. The van der Waals surface area contributed by atoms with Gasteiger partial charge in [0.2, 0.25) is 0 Å². The number of hydrogen-bond donors (Lipinski definition) is 1. The van der Waals surface area contributed by atoms with Gasteiger partial charge in [0.15, 0.2) is 0 Å². The molecule has 23 heavy (non-hydrogen) atoms. The van der Waals surface area contributed by atoms with Crippen molar-refractivity contribution >= 4 is 12.1 Å². The number of esters is 1. The topological polar surface area (TPSA) is 64.6 Å². The SMILES string of the molecule is CC(C)(C)OC(=O)N[C@@H](Cc1cccc(F)c1)[C@@H]1CCC(=O)O1. The molecule has 0 aromatic heterocycles. The number of alkyl carbamates (subject to hydrolysis) is 1. The monoisotopic (exact) mass is 323 g/mol. The molecule has 1 aromatic carbocycles. The van der Waals surface area contributed by atoms with Crippen molar-refractivity contribution < 1.29 is 23.5 Å². The molecular weight excluding hydrogens is 301 g/mol. The van der Waals surface area contributed by atoms with Crippen molar-refractivity contribution in [3.05, 3.63) is 35.6 Å². The van der Waals surface area contributed by atoms with Gasteiger partial charge < -0.3 is 14.8 Å². The number of benzene rings is 1. The molecule has 0 saturated carbocycles. The van der Waals surface area contributed by atoms with Gasteiger partial charge in [0.1, 0.15) is 17.5 Å². The van der Waals surface area contributed by atoms with Gasteiger partial charge in [0.25, 0.3) is 0 Å². The lowest BCUT2D eigenvalue weighted by molar-refractivity contribution is -0.142. The van der Waals surface area contributed by atoms with Crippen molar-refractivity contribution in [2.24, 2.45) is 0 Å². The predicted molar refractivity (Wildman–Crippen MR) is 82.4 cm³/mol. The average molecular weight is 323 g/mol. The van der Waals surface area contributed by atoms with Crippen molar-refractivity contribution in [3.63, 3.8) is 0 Å². The number of halogens is 1. The maximum atomic E-state index is 13.3. The van der Waals surface area contributed by atoms with Gasteiger partial charge in [-0.1, -0.05) is 12.1 Å². The van der Waals surface area contributed by atoms with Crippen molar-refractivity contribution in [1.82, 2.24) is 5.32 Å². The van der Waals surface area contributed by atoms with Gasteiger partial charge in [-0.05, 0) is 51.3 Å². The molecular formula is C17H22FNO4. The maximum absolute atomic E-state index is 13.3. The first kappa shape index (κ1) is 17.2. The van der Waals surface area contributed by atoms with Crippen molar-refractivity contribution in [2.45, 2.75) is 57.8 Å². The van der Waals surface area contributed by atoms with E-state index in [1.165, 1.54) is 12.1 Å². The van der Waals surface area contributed by atoms with E-state index in [9.17, 15) is 14.0 Å². The predicted octanol–water partition coefficient (Wildman–Crippen LogP) is 2.97. The third-order valence-corrected chi connectivity index (χ3v) is 3.41. The number of amides is 1. The summed E-state index contributed by atoms with van der Waals surface area (Å²) >= 11 is 0. The van der Waals surface area contributed by atoms with Gasteiger partial charge in [-0.3, -0.25) is 4.79 Å². The van der Waals surface area contributed by atoms with Crippen LogP contribution in [0.5, 0.6) is 0 Å². The van der Waals surface area contributed by atoms with Crippen molar-refractivity contribution in [1.29, 1.82) is 0 Å². The van der Waals surface area contributed by atoms with Crippen LogP contribution < -0.4 is 5.32 Å². The number of nitrogens with one attached hydrogen (secondary N) is 1. The Morgan fingerprint density at radius 2 is 2.22 bits per heavy atom. The Hall–Kier alpha value is -2.11. The molecule has 1 aliphatic rings. The summed E-state index contributed by atoms with van der Waals surface area (Å²) in [6, 6.07) is 5.67. The van der Waals surface area contributed by atoms with Gasteiger partial charge in [0, 0.05) is 6.42 Å². The highest BCUT2D eigenvalue weighted by Crippen LogP contribution is 2.21. The largest absolute Gasteiger partial charge is 0.460 e. The molecule has 0 spiro atoms. The first-order valence-electron chi connectivity index (χ1n) is 7.66. The molecule has 0 radical (unpaired) electrons. The number of carbonyl (C=O) groups is 2. The normalized spacial score (nSPS) is 19.1. The highest BCUT2D eigenvalue weighted by molar-refractivity contribution is 5.72. The van der Waals surface area contributed by atoms with Crippen molar-refractivity contribution in [3.8, 4) is 0 Å². The maximum Gasteiger partial charge on any atom is 0.408 e. The molecule has 5 nitrogen and oxygen atoms in total. The number of hydrogen-bond acceptors (Lipinski definition) is 4. The molecule has 2 rings (SSSR count). The third-order valence-electron chi connectivity index (χ3n) is 3.41. The zero-order chi connectivity index (χ0) is 17.0. The molecule has 1 amide bonds. The van der Waals surface area contributed by atoms with E-state index in [-0.39, 0.29) is 11.8 Å². The van der Waals surface area contributed by atoms with Crippen LogP contribution in [-0.2, 0) is 20.7 Å². The molecule has 1 fully saturated rings. The fraction of sp³-hybridized carbons (Fsp3) is 0.529. The Kier molecular flexibility index (Phi) is 5.23. The number of rotatable bonds is 4. The summed E-state index contributed by atoms with van der Waals surface area (Å²) < 4.78 is 23.8. The first-order chi connectivity index (χ1) is 10.7. The van der Waals surface area contributed by atoms with Crippen LogP contribution in [0.4, 0.5) is 9.18 Å². The summed E-state index contributed by atoms with van der Waals surface area (Å²) in [6.07, 6.45) is 0.185. The number of carbonyl (C=O) groups excluding carboxylic acids is 2. The second kappa shape index (κ2) is 6.98. The quantitative estimate of drug-likeness (QED) is 0.865. The van der Waals surface area contributed by atoms with Crippen LogP contribution in [0.2, 0.25) is 0 Å². The molecule has 2 atom stereocenters. The Morgan fingerprint density at radius 1 is 1.48 bits per heavy atom. The molecule has 1 N–H and O–H groups in total. The van der Waals surface area contributed by atoms with Gasteiger partial charge in [-0.15, -0.1) is 0 Å². The third kappa shape index (κ3) is 5.54. The molecule has 126 valence electrons. The standard InChI is InChI=1S/C17H22FNO4/c1-17(2,3)23-16(21)19-13(14-7-8-15(20)22-14)10-11-5-4-6-12(18)9-11/h4-6,9,13-14H,7-8,10H2,1-3H3,(H,19,21)/t13-,14-/m0/s1. The molecule has 1 aliphatic heterocycles. The first-order valence-corrected chi connectivity index (χ1v) is 7.66. The highest BCUT2D eigenvalue weighted by Gasteiger charge is 2.33. The molecule has 1 aromatic rings. The van der Waals surface area contributed by atoms with Gasteiger partial charge >= 0.3 is 12.1 Å². The smallest absolute Gasteiger partial charge is 0.408 e. The Balaban J connectivity index is 2.08. The van der Waals surface area contributed by atoms with E-state index in [1.54, 1.807) is 32.9 Å². The summed E-state index contributed by atoms with van der Waals surface area (Å²) in [6.45, 7) is 5.30. The summed E-state index contributed by atoms with van der Waals surface area (Å²) in [5, 5.41) is 2.74. The van der Waals surface area contributed by atoms with E-state index in [0.717, 1.165) is 0 Å².